The summed E-state index contributed by atoms with van der Waals surface area (Å²) in [6, 6.07) is 2.02. The van der Waals surface area contributed by atoms with Gasteiger partial charge < -0.3 is 10.2 Å². The smallest absolute Gasteiger partial charge is 0.222 e. The topological polar surface area (TPSA) is 58.1 Å². The Morgan fingerprint density at radius 1 is 1.32 bits per heavy atom. The zero-order valence-corrected chi connectivity index (χ0v) is 13.5. The number of aryl methyl sites for hydroxylation is 2. The first kappa shape index (κ1) is 15.4. The average molecular weight is 302 g/mol. The molecule has 1 N–H and O–H groups in total. The van der Waals surface area contributed by atoms with Crippen LogP contribution in [-0.4, -0.2) is 47.0 Å². The van der Waals surface area contributed by atoms with Crippen LogP contribution in [0.5, 0.6) is 0 Å². The van der Waals surface area contributed by atoms with Gasteiger partial charge in [0.1, 0.15) is 5.82 Å². The number of aromatic nitrogens is 2. The molecule has 1 aromatic heterocycles. The number of carbonyl (C=O) groups excluding carboxylic acids is 1. The first-order valence-corrected chi connectivity index (χ1v) is 8.55. The molecule has 0 radical (unpaired) electrons. The van der Waals surface area contributed by atoms with Gasteiger partial charge >= 0.3 is 0 Å². The van der Waals surface area contributed by atoms with Crippen molar-refractivity contribution in [2.45, 2.75) is 51.4 Å². The van der Waals surface area contributed by atoms with Crippen LogP contribution in [-0.2, 0) is 11.2 Å². The third kappa shape index (κ3) is 3.83. The Morgan fingerprint density at radius 3 is 2.86 bits per heavy atom. The normalized spacial score (nSPS) is 22.0. The summed E-state index contributed by atoms with van der Waals surface area (Å²) in [5.74, 6) is 1.65. The molecule has 1 atom stereocenters. The molecule has 0 unspecified atom stereocenters. The molecule has 22 heavy (non-hydrogen) atoms. The SMILES string of the molecule is Cc1cc(CCC(=O)N2CCCC2)nc([C@@H]2CCCNC2)n1. The van der Waals surface area contributed by atoms with Gasteiger partial charge in [-0.25, -0.2) is 9.97 Å². The Bertz CT molecular complexity index is 519. The number of hydrogen-bond acceptors (Lipinski definition) is 4. The molecule has 2 fully saturated rings. The largest absolute Gasteiger partial charge is 0.343 e. The third-order valence-corrected chi connectivity index (χ3v) is 4.64. The molecule has 5 nitrogen and oxygen atoms in total. The summed E-state index contributed by atoms with van der Waals surface area (Å²) in [6.07, 6.45) is 5.94. The highest BCUT2D eigenvalue weighted by Gasteiger charge is 2.20. The highest BCUT2D eigenvalue weighted by Crippen LogP contribution is 2.21. The quantitative estimate of drug-likeness (QED) is 0.921. The van der Waals surface area contributed by atoms with Crippen molar-refractivity contribution in [3.63, 3.8) is 0 Å². The average Bonchev–Trinajstić information content (AvgIpc) is 3.07. The van der Waals surface area contributed by atoms with Crippen molar-refractivity contribution in [1.82, 2.24) is 20.2 Å². The molecule has 2 aliphatic rings. The summed E-state index contributed by atoms with van der Waals surface area (Å²) in [7, 11) is 0. The zero-order chi connectivity index (χ0) is 15.4. The molecule has 0 bridgehead atoms. The lowest BCUT2D eigenvalue weighted by atomic mass is 9.98. The molecule has 2 saturated heterocycles. The second-order valence-corrected chi connectivity index (χ2v) is 6.49. The minimum absolute atomic E-state index is 0.273. The molecule has 2 aliphatic heterocycles. The summed E-state index contributed by atoms with van der Waals surface area (Å²) >= 11 is 0. The number of amides is 1. The van der Waals surface area contributed by atoms with Crippen molar-refractivity contribution in [2.24, 2.45) is 0 Å². The highest BCUT2D eigenvalue weighted by molar-refractivity contribution is 5.76. The van der Waals surface area contributed by atoms with Crippen LogP contribution in [0, 0.1) is 6.92 Å². The van der Waals surface area contributed by atoms with Crippen molar-refractivity contribution in [3.8, 4) is 0 Å². The van der Waals surface area contributed by atoms with Gasteiger partial charge in [-0.2, -0.15) is 0 Å². The van der Waals surface area contributed by atoms with E-state index in [0.717, 1.165) is 69.1 Å². The van der Waals surface area contributed by atoms with E-state index < -0.39 is 0 Å². The monoisotopic (exact) mass is 302 g/mol. The van der Waals surface area contributed by atoms with Crippen LogP contribution in [0.4, 0.5) is 0 Å². The summed E-state index contributed by atoms with van der Waals surface area (Å²) < 4.78 is 0. The minimum Gasteiger partial charge on any atom is -0.343 e. The second kappa shape index (κ2) is 7.18. The molecule has 3 rings (SSSR count). The van der Waals surface area contributed by atoms with Gasteiger partial charge in [0.25, 0.3) is 0 Å². The van der Waals surface area contributed by atoms with Gasteiger partial charge in [0.2, 0.25) is 5.91 Å². The molecule has 0 spiro atoms. The Morgan fingerprint density at radius 2 is 2.14 bits per heavy atom. The number of nitrogens with zero attached hydrogens (tertiary/aromatic N) is 3. The standard InChI is InChI=1S/C17H26N4O/c1-13-11-15(6-7-16(22)21-9-2-3-10-21)20-17(19-13)14-5-4-8-18-12-14/h11,14,18H,2-10,12H2,1H3/t14-/m1/s1. The predicted molar refractivity (Wildman–Crippen MR) is 85.7 cm³/mol. The van der Waals surface area contributed by atoms with Gasteiger partial charge in [-0.05, 0) is 51.6 Å². The minimum atomic E-state index is 0.273. The summed E-state index contributed by atoms with van der Waals surface area (Å²) in [6.45, 7) is 5.95. The van der Waals surface area contributed by atoms with Gasteiger partial charge in [0, 0.05) is 43.4 Å². The van der Waals surface area contributed by atoms with Crippen molar-refractivity contribution >= 4 is 5.91 Å². The Kier molecular flexibility index (Phi) is 5.03. The molecular weight excluding hydrogens is 276 g/mol. The Labute approximate surface area is 132 Å². The number of piperidine rings is 1. The van der Waals surface area contributed by atoms with Crippen molar-refractivity contribution < 1.29 is 4.79 Å². The maximum absolute atomic E-state index is 12.2. The molecule has 0 saturated carbocycles. The van der Waals surface area contributed by atoms with Crippen LogP contribution >= 0.6 is 0 Å². The van der Waals surface area contributed by atoms with Gasteiger partial charge in [-0.15, -0.1) is 0 Å². The van der Waals surface area contributed by atoms with Crippen molar-refractivity contribution in [3.05, 3.63) is 23.3 Å². The fourth-order valence-electron chi connectivity index (χ4n) is 3.40. The first-order chi connectivity index (χ1) is 10.7. The predicted octanol–water partition coefficient (Wildman–Crippen LogP) is 1.81. The lowest BCUT2D eigenvalue weighted by molar-refractivity contribution is -0.130. The number of rotatable bonds is 4. The lowest BCUT2D eigenvalue weighted by Crippen LogP contribution is -2.30. The highest BCUT2D eigenvalue weighted by atomic mass is 16.2. The first-order valence-electron chi connectivity index (χ1n) is 8.55. The number of nitrogens with one attached hydrogen (secondary N) is 1. The maximum Gasteiger partial charge on any atom is 0.222 e. The molecular formula is C17H26N4O. The van der Waals surface area contributed by atoms with E-state index in [1.165, 1.54) is 6.42 Å². The molecule has 0 aromatic carbocycles. The molecule has 120 valence electrons. The number of carbonyl (C=O) groups is 1. The fraction of sp³-hybridized carbons (Fsp3) is 0.706. The van der Waals surface area contributed by atoms with Gasteiger partial charge in [-0.1, -0.05) is 0 Å². The van der Waals surface area contributed by atoms with Crippen LogP contribution in [0.3, 0.4) is 0 Å². The second-order valence-electron chi connectivity index (χ2n) is 6.49. The molecule has 0 aliphatic carbocycles. The van der Waals surface area contributed by atoms with Crippen LogP contribution in [0.15, 0.2) is 6.07 Å². The molecule has 1 amide bonds. The van der Waals surface area contributed by atoms with Gasteiger partial charge in [-0.3, -0.25) is 4.79 Å². The van der Waals surface area contributed by atoms with E-state index in [4.69, 9.17) is 4.98 Å². The van der Waals surface area contributed by atoms with E-state index in [-0.39, 0.29) is 5.91 Å². The van der Waals surface area contributed by atoms with Crippen LogP contribution < -0.4 is 5.32 Å². The number of likely N-dealkylation sites (tertiary alicyclic amines) is 1. The fourth-order valence-corrected chi connectivity index (χ4v) is 3.40. The van der Waals surface area contributed by atoms with E-state index in [2.05, 4.69) is 10.3 Å². The van der Waals surface area contributed by atoms with E-state index in [1.54, 1.807) is 0 Å². The Hall–Kier alpha value is -1.49. The van der Waals surface area contributed by atoms with E-state index in [1.807, 2.05) is 17.9 Å². The van der Waals surface area contributed by atoms with Crippen LogP contribution in [0.2, 0.25) is 0 Å². The number of hydrogen-bond donors (Lipinski definition) is 1. The molecule has 1 aromatic rings. The summed E-state index contributed by atoms with van der Waals surface area (Å²) in [4.78, 5) is 23.5. The van der Waals surface area contributed by atoms with Gasteiger partial charge in [0.15, 0.2) is 0 Å². The Balaban J connectivity index is 1.62. The van der Waals surface area contributed by atoms with Gasteiger partial charge in [0.05, 0.1) is 0 Å². The van der Waals surface area contributed by atoms with Crippen LogP contribution in [0.1, 0.15) is 55.2 Å². The molecule has 5 heteroatoms. The third-order valence-electron chi connectivity index (χ3n) is 4.64. The van der Waals surface area contributed by atoms with Crippen molar-refractivity contribution in [1.29, 1.82) is 0 Å². The van der Waals surface area contributed by atoms with E-state index >= 15 is 0 Å². The van der Waals surface area contributed by atoms with E-state index in [9.17, 15) is 4.79 Å². The maximum atomic E-state index is 12.2. The van der Waals surface area contributed by atoms with Crippen LogP contribution in [0.25, 0.3) is 0 Å². The zero-order valence-electron chi connectivity index (χ0n) is 13.5. The summed E-state index contributed by atoms with van der Waals surface area (Å²) in [5, 5.41) is 3.42. The lowest BCUT2D eigenvalue weighted by Gasteiger charge is -2.22. The van der Waals surface area contributed by atoms with Crippen molar-refractivity contribution in [2.75, 3.05) is 26.2 Å². The molecule has 3 heterocycles. The van der Waals surface area contributed by atoms with E-state index in [0.29, 0.717) is 12.3 Å². The summed E-state index contributed by atoms with van der Waals surface area (Å²) in [5.41, 5.74) is 2.03.